The number of thiophene rings is 1. The highest BCUT2D eigenvalue weighted by molar-refractivity contribution is 7.17. The van der Waals surface area contributed by atoms with E-state index >= 15 is 0 Å². The molecule has 0 N–H and O–H groups in total. The molecular weight excluding hydrogens is 408 g/mol. The van der Waals surface area contributed by atoms with Crippen LogP contribution in [-0.4, -0.2) is 49.4 Å². The summed E-state index contributed by atoms with van der Waals surface area (Å²) < 4.78 is 5.80. The van der Waals surface area contributed by atoms with Gasteiger partial charge in [0.2, 0.25) is 0 Å². The molecule has 1 aliphatic heterocycles. The van der Waals surface area contributed by atoms with Crippen molar-refractivity contribution in [3.8, 4) is 16.2 Å². The van der Waals surface area contributed by atoms with Gasteiger partial charge < -0.3 is 14.5 Å². The van der Waals surface area contributed by atoms with Crippen molar-refractivity contribution in [3.63, 3.8) is 0 Å². The van der Waals surface area contributed by atoms with E-state index in [0.717, 1.165) is 29.2 Å². The molecule has 0 spiro atoms. The molecule has 1 aliphatic rings. The number of ketones is 1. The van der Waals surface area contributed by atoms with Crippen molar-refractivity contribution in [1.29, 1.82) is 0 Å². The Morgan fingerprint density at radius 2 is 1.65 bits per heavy atom. The molecule has 160 valence electrons. The average Bonchev–Trinajstić information content (AvgIpc) is 3.23. The third-order valence-electron chi connectivity index (χ3n) is 5.46. The summed E-state index contributed by atoms with van der Waals surface area (Å²) in [7, 11) is 0. The van der Waals surface area contributed by atoms with Gasteiger partial charge in [-0.2, -0.15) is 0 Å². The smallest absolute Gasteiger partial charge is 0.267 e. The van der Waals surface area contributed by atoms with E-state index in [-0.39, 0.29) is 11.7 Å². The molecule has 0 radical (unpaired) electrons. The van der Waals surface area contributed by atoms with Gasteiger partial charge in [0.25, 0.3) is 5.91 Å². The number of rotatable bonds is 6. The van der Waals surface area contributed by atoms with Crippen LogP contribution in [-0.2, 0) is 0 Å². The van der Waals surface area contributed by atoms with Crippen LogP contribution in [0.1, 0.15) is 33.9 Å². The van der Waals surface area contributed by atoms with Gasteiger partial charge in [0.1, 0.15) is 10.6 Å². The molecule has 1 amide bonds. The highest BCUT2D eigenvalue weighted by Gasteiger charge is 2.27. The monoisotopic (exact) mass is 434 g/mol. The summed E-state index contributed by atoms with van der Waals surface area (Å²) in [6.07, 6.45) is 0. The summed E-state index contributed by atoms with van der Waals surface area (Å²) in [6, 6.07) is 19.7. The Labute approximate surface area is 186 Å². The fourth-order valence-electron chi connectivity index (χ4n) is 3.75. The molecule has 1 saturated heterocycles. The SMILES string of the molecule is CCOc1cc(-c2ccccc2)sc1C(=O)N1CCN(c2ccc(C(C)=O)cc2)CC1. The quantitative estimate of drug-likeness (QED) is 0.514. The second kappa shape index (κ2) is 9.35. The minimum absolute atomic E-state index is 0.0298. The largest absolute Gasteiger partial charge is 0.492 e. The number of anilines is 1. The zero-order valence-electron chi connectivity index (χ0n) is 17.8. The number of amides is 1. The van der Waals surface area contributed by atoms with Crippen LogP contribution in [0.5, 0.6) is 5.75 Å². The second-order valence-electron chi connectivity index (χ2n) is 7.49. The van der Waals surface area contributed by atoms with Gasteiger partial charge in [-0.15, -0.1) is 11.3 Å². The third kappa shape index (κ3) is 4.64. The number of carbonyl (C=O) groups is 2. The van der Waals surface area contributed by atoms with Crippen LogP contribution < -0.4 is 9.64 Å². The van der Waals surface area contributed by atoms with E-state index < -0.39 is 0 Å². The van der Waals surface area contributed by atoms with Gasteiger partial charge in [-0.3, -0.25) is 9.59 Å². The summed E-state index contributed by atoms with van der Waals surface area (Å²) in [5, 5.41) is 0. The predicted octanol–water partition coefficient (Wildman–Crippen LogP) is 4.98. The van der Waals surface area contributed by atoms with Gasteiger partial charge in [0.15, 0.2) is 5.78 Å². The minimum atomic E-state index is 0.0298. The van der Waals surface area contributed by atoms with Crippen LogP contribution >= 0.6 is 11.3 Å². The van der Waals surface area contributed by atoms with Crippen molar-refractivity contribution in [1.82, 2.24) is 4.90 Å². The second-order valence-corrected chi connectivity index (χ2v) is 8.54. The Bertz CT molecular complexity index is 1050. The first-order chi connectivity index (χ1) is 15.1. The molecule has 0 saturated carbocycles. The lowest BCUT2D eigenvalue weighted by atomic mass is 10.1. The summed E-state index contributed by atoms with van der Waals surface area (Å²) in [5.74, 6) is 0.763. The zero-order valence-corrected chi connectivity index (χ0v) is 18.7. The molecule has 0 bridgehead atoms. The summed E-state index contributed by atoms with van der Waals surface area (Å²) >= 11 is 1.49. The minimum Gasteiger partial charge on any atom is -0.492 e. The number of benzene rings is 2. The lowest BCUT2D eigenvalue weighted by Gasteiger charge is -2.36. The lowest BCUT2D eigenvalue weighted by molar-refractivity contribution is 0.0747. The van der Waals surface area contributed by atoms with Crippen LogP contribution in [0.15, 0.2) is 60.7 Å². The van der Waals surface area contributed by atoms with Crippen molar-refractivity contribution >= 4 is 28.7 Å². The third-order valence-corrected chi connectivity index (χ3v) is 6.61. The highest BCUT2D eigenvalue weighted by atomic mass is 32.1. The number of Topliss-reactive ketones (excluding diaryl/α,β-unsaturated/α-hetero) is 1. The lowest BCUT2D eigenvalue weighted by Crippen LogP contribution is -2.48. The van der Waals surface area contributed by atoms with Gasteiger partial charge in [-0.05, 0) is 49.7 Å². The van der Waals surface area contributed by atoms with Crippen LogP contribution in [0.4, 0.5) is 5.69 Å². The maximum Gasteiger partial charge on any atom is 0.267 e. The maximum atomic E-state index is 13.3. The average molecular weight is 435 g/mol. The Balaban J connectivity index is 1.47. The summed E-state index contributed by atoms with van der Waals surface area (Å²) in [6.45, 7) is 6.84. The van der Waals surface area contributed by atoms with Gasteiger partial charge >= 0.3 is 0 Å². The number of piperazine rings is 1. The van der Waals surface area contributed by atoms with Crippen LogP contribution in [0.25, 0.3) is 10.4 Å². The maximum absolute atomic E-state index is 13.3. The van der Waals surface area contributed by atoms with Crippen LogP contribution in [0.3, 0.4) is 0 Å². The first-order valence-electron chi connectivity index (χ1n) is 10.5. The fourth-order valence-corrected chi connectivity index (χ4v) is 4.82. The Morgan fingerprint density at radius 3 is 2.26 bits per heavy atom. The number of ether oxygens (including phenoxy) is 1. The molecule has 0 atom stereocenters. The summed E-state index contributed by atoms with van der Waals surface area (Å²) in [4.78, 5) is 30.7. The molecule has 0 aliphatic carbocycles. The van der Waals surface area contributed by atoms with Crippen molar-refractivity contribution in [2.24, 2.45) is 0 Å². The van der Waals surface area contributed by atoms with Gasteiger partial charge in [-0.1, -0.05) is 30.3 Å². The van der Waals surface area contributed by atoms with E-state index in [1.54, 1.807) is 6.92 Å². The molecular formula is C25H26N2O3S. The standard InChI is InChI=1S/C25H26N2O3S/c1-3-30-22-17-23(20-7-5-4-6-8-20)31-24(22)25(29)27-15-13-26(14-16-27)21-11-9-19(10-12-21)18(2)28/h4-12,17H,3,13-16H2,1-2H3. The van der Waals surface area contributed by atoms with Crippen molar-refractivity contribution in [2.75, 3.05) is 37.7 Å². The molecule has 0 unspecified atom stereocenters. The molecule has 2 aromatic carbocycles. The normalized spacial score (nSPS) is 13.9. The molecule has 1 fully saturated rings. The highest BCUT2D eigenvalue weighted by Crippen LogP contribution is 2.37. The number of hydrogen-bond donors (Lipinski definition) is 0. The summed E-state index contributed by atoms with van der Waals surface area (Å²) in [5.41, 5.74) is 2.88. The molecule has 4 rings (SSSR count). The molecule has 6 heteroatoms. The van der Waals surface area contributed by atoms with E-state index in [2.05, 4.69) is 4.90 Å². The van der Waals surface area contributed by atoms with Crippen molar-refractivity contribution in [3.05, 3.63) is 71.1 Å². The van der Waals surface area contributed by atoms with Gasteiger partial charge in [0.05, 0.1) is 6.61 Å². The Hall–Kier alpha value is -3.12. The molecule has 5 nitrogen and oxygen atoms in total. The number of hydrogen-bond acceptors (Lipinski definition) is 5. The van der Waals surface area contributed by atoms with E-state index in [9.17, 15) is 9.59 Å². The predicted molar refractivity (Wildman–Crippen MR) is 125 cm³/mol. The number of carbonyl (C=O) groups excluding carboxylic acids is 2. The molecule has 1 aromatic heterocycles. The fraction of sp³-hybridized carbons (Fsp3) is 0.280. The number of nitrogens with zero attached hydrogens (tertiary/aromatic N) is 2. The first-order valence-corrected chi connectivity index (χ1v) is 11.4. The van der Waals surface area contributed by atoms with Crippen molar-refractivity contribution in [2.45, 2.75) is 13.8 Å². The Morgan fingerprint density at radius 1 is 0.968 bits per heavy atom. The zero-order chi connectivity index (χ0) is 21.8. The van der Waals surface area contributed by atoms with Crippen LogP contribution in [0.2, 0.25) is 0 Å². The van der Waals surface area contributed by atoms with Gasteiger partial charge in [0, 0.05) is 42.3 Å². The van der Waals surface area contributed by atoms with E-state index in [1.165, 1.54) is 11.3 Å². The van der Waals surface area contributed by atoms with Gasteiger partial charge in [-0.25, -0.2) is 0 Å². The van der Waals surface area contributed by atoms with Crippen molar-refractivity contribution < 1.29 is 14.3 Å². The Kier molecular flexibility index (Phi) is 6.37. The van der Waals surface area contributed by atoms with E-state index in [4.69, 9.17) is 4.74 Å². The van der Waals surface area contributed by atoms with E-state index in [0.29, 0.717) is 35.9 Å². The van der Waals surface area contributed by atoms with Crippen LogP contribution in [0, 0.1) is 0 Å². The molecule has 3 aromatic rings. The molecule has 2 heterocycles. The molecule has 31 heavy (non-hydrogen) atoms. The first kappa shape index (κ1) is 21.1. The topological polar surface area (TPSA) is 49.9 Å². The van der Waals surface area contributed by atoms with E-state index in [1.807, 2.05) is 72.5 Å².